The van der Waals surface area contributed by atoms with Crippen LogP contribution < -0.4 is 0 Å². The van der Waals surface area contributed by atoms with Gasteiger partial charge in [-0.15, -0.1) is 0 Å². The molecule has 0 amide bonds. The number of allylic oxidation sites excluding steroid dienone is 2. The first-order valence-electron chi connectivity index (χ1n) is 6.08. The smallest absolute Gasteiger partial charge is 0.155 e. The molecule has 5 rings (SSSR count). The summed E-state index contributed by atoms with van der Waals surface area (Å²) in [5, 5.41) is 0. The molecule has 0 aliphatic heterocycles. The van der Waals surface area contributed by atoms with Gasteiger partial charge >= 0.3 is 0 Å². The molecule has 0 radical (unpaired) electrons. The standard InChI is InChI=1S/C13H16O/c14-9-3-1-2-7(4-9)12-8-5-10-11(6-8)13(10)12/h4,8,10-13H,1-3,5-6H2. The van der Waals surface area contributed by atoms with Gasteiger partial charge in [0.15, 0.2) is 5.78 Å². The Kier molecular flexibility index (Phi) is 1.27. The van der Waals surface area contributed by atoms with E-state index in [-0.39, 0.29) is 0 Å². The van der Waals surface area contributed by atoms with E-state index in [4.69, 9.17) is 0 Å². The first-order valence-corrected chi connectivity index (χ1v) is 6.08. The van der Waals surface area contributed by atoms with E-state index in [0.29, 0.717) is 5.78 Å². The minimum Gasteiger partial charge on any atom is -0.295 e. The van der Waals surface area contributed by atoms with Crippen LogP contribution in [0.15, 0.2) is 11.6 Å². The van der Waals surface area contributed by atoms with Crippen LogP contribution in [-0.2, 0) is 4.79 Å². The fourth-order valence-electron chi connectivity index (χ4n) is 4.70. The van der Waals surface area contributed by atoms with Crippen LogP contribution in [-0.4, -0.2) is 5.78 Å². The fourth-order valence-corrected chi connectivity index (χ4v) is 4.70. The van der Waals surface area contributed by atoms with Gasteiger partial charge in [0.2, 0.25) is 0 Å². The Morgan fingerprint density at radius 1 is 1.14 bits per heavy atom. The first kappa shape index (κ1) is 7.67. The summed E-state index contributed by atoms with van der Waals surface area (Å²) in [5.41, 5.74) is 1.54. The molecule has 4 bridgehead atoms. The summed E-state index contributed by atoms with van der Waals surface area (Å²) < 4.78 is 0. The van der Waals surface area contributed by atoms with Crippen molar-refractivity contribution >= 4 is 5.78 Å². The summed E-state index contributed by atoms with van der Waals surface area (Å²) in [7, 11) is 0. The van der Waals surface area contributed by atoms with Gasteiger partial charge in [-0.1, -0.05) is 5.57 Å². The first-order chi connectivity index (χ1) is 6.84. The van der Waals surface area contributed by atoms with E-state index >= 15 is 0 Å². The topological polar surface area (TPSA) is 17.1 Å². The zero-order valence-corrected chi connectivity index (χ0v) is 8.41. The second-order valence-corrected chi connectivity index (χ2v) is 5.70. The minimum absolute atomic E-state index is 0.396. The Balaban J connectivity index is 1.67. The monoisotopic (exact) mass is 188 g/mol. The van der Waals surface area contributed by atoms with Gasteiger partial charge in [0.1, 0.15) is 0 Å². The van der Waals surface area contributed by atoms with E-state index in [1.54, 1.807) is 5.57 Å². The largest absolute Gasteiger partial charge is 0.295 e. The highest BCUT2D eigenvalue weighted by Crippen LogP contribution is 2.74. The molecule has 0 aromatic rings. The molecule has 0 heterocycles. The maximum absolute atomic E-state index is 11.4. The third-order valence-corrected chi connectivity index (χ3v) is 5.13. The molecular weight excluding hydrogens is 172 g/mol. The van der Waals surface area contributed by atoms with E-state index in [0.717, 1.165) is 42.4 Å². The van der Waals surface area contributed by atoms with Gasteiger partial charge < -0.3 is 0 Å². The molecule has 1 nitrogen and oxygen atoms in total. The van der Waals surface area contributed by atoms with Gasteiger partial charge in [-0.2, -0.15) is 0 Å². The summed E-state index contributed by atoms with van der Waals surface area (Å²) in [6.07, 6.45) is 8.14. The summed E-state index contributed by atoms with van der Waals surface area (Å²) in [5.74, 6) is 5.43. The molecule has 14 heavy (non-hydrogen) atoms. The van der Waals surface area contributed by atoms with Gasteiger partial charge in [0.05, 0.1) is 0 Å². The average Bonchev–Trinajstić information content (AvgIpc) is 2.62. The Morgan fingerprint density at radius 3 is 2.50 bits per heavy atom. The lowest BCUT2D eigenvalue weighted by molar-refractivity contribution is -0.115. The summed E-state index contributed by atoms with van der Waals surface area (Å²) in [6.45, 7) is 0. The van der Waals surface area contributed by atoms with Crippen molar-refractivity contribution in [3.05, 3.63) is 11.6 Å². The van der Waals surface area contributed by atoms with Crippen LogP contribution in [0, 0.1) is 29.6 Å². The average molecular weight is 188 g/mol. The highest BCUT2D eigenvalue weighted by Gasteiger charge is 2.68. The van der Waals surface area contributed by atoms with Crippen molar-refractivity contribution in [2.24, 2.45) is 29.6 Å². The molecule has 0 saturated heterocycles. The highest BCUT2D eigenvalue weighted by atomic mass is 16.1. The van der Waals surface area contributed by atoms with Crippen molar-refractivity contribution in [2.75, 3.05) is 0 Å². The van der Waals surface area contributed by atoms with Crippen LogP contribution in [0.4, 0.5) is 0 Å². The van der Waals surface area contributed by atoms with Gasteiger partial charge in [-0.3, -0.25) is 4.79 Å². The van der Waals surface area contributed by atoms with Crippen LogP contribution >= 0.6 is 0 Å². The molecule has 3 unspecified atom stereocenters. The van der Waals surface area contributed by atoms with Crippen LogP contribution in [0.5, 0.6) is 0 Å². The number of hydrogen-bond acceptors (Lipinski definition) is 1. The number of rotatable bonds is 1. The second kappa shape index (κ2) is 2.32. The predicted octanol–water partition coefficient (Wildman–Crippen LogP) is 2.57. The van der Waals surface area contributed by atoms with Crippen LogP contribution in [0.25, 0.3) is 0 Å². The summed E-state index contributed by atoms with van der Waals surface area (Å²) >= 11 is 0. The summed E-state index contributed by atoms with van der Waals surface area (Å²) in [4.78, 5) is 11.4. The molecular formula is C13H16O. The van der Waals surface area contributed by atoms with Gasteiger partial charge in [0.25, 0.3) is 0 Å². The molecule has 5 aliphatic rings. The Hall–Kier alpha value is -0.590. The number of carbonyl (C=O) groups excluding carboxylic acids is 1. The summed E-state index contributed by atoms with van der Waals surface area (Å²) in [6, 6.07) is 0. The Labute approximate surface area is 84.6 Å². The van der Waals surface area contributed by atoms with E-state index in [1.165, 1.54) is 19.3 Å². The maximum Gasteiger partial charge on any atom is 0.155 e. The molecule has 3 atom stereocenters. The molecule has 74 valence electrons. The number of hydrogen-bond donors (Lipinski definition) is 0. The quantitative estimate of drug-likeness (QED) is 0.618. The van der Waals surface area contributed by atoms with Crippen molar-refractivity contribution in [1.82, 2.24) is 0 Å². The zero-order valence-electron chi connectivity index (χ0n) is 8.41. The van der Waals surface area contributed by atoms with E-state index in [9.17, 15) is 4.79 Å². The molecule has 4 saturated carbocycles. The zero-order chi connectivity index (χ0) is 9.28. The number of ketones is 1. The predicted molar refractivity (Wildman–Crippen MR) is 53.6 cm³/mol. The fraction of sp³-hybridized carbons (Fsp3) is 0.769. The third-order valence-electron chi connectivity index (χ3n) is 5.13. The lowest BCUT2D eigenvalue weighted by atomic mass is 9.83. The molecule has 0 N–H and O–H groups in total. The normalized spacial score (nSPS) is 53.6. The van der Waals surface area contributed by atoms with Crippen molar-refractivity contribution in [3.63, 3.8) is 0 Å². The van der Waals surface area contributed by atoms with E-state index in [1.807, 2.05) is 6.08 Å². The highest BCUT2D eigenvalue weighted by molar-refractivity contribution is 5.91. The molecule has 0 aromatic carbocycles. The number of carbonyl (C=O) groups is 1. The second-order valence-electron chi connectivity index (χ2n) is 5.70. The minimum atomic E-state index is 0.396. The van der Waals surface area contributed by atoms with Crippen molar-refractivity contribution in [3.8, 4) is 0 Å². The molecule has 0 aromatic heterocycles. The lowest BCUT2D eigenvalue weighted by Crippen LogP contribution is -2.14. The van der Waals surface area contributed by atoms with Crippen LogP contribution in [0.3, 0.4) is 0 Å². The Bertz CT molecular complexity index is 327. The van der Waals surface area contributed by atoms with Gasteiger partial charge in [-0.25, -0.2) is 0 Å². The lowest BCUT2D eigenvalue weighted by Gasteiger charge is -2.21. The van der Waals surface area contributed by atoms with Gasteiger partial charge in [0, 0.05) is 6.42 Å². The van der Waals surface area contributed by atoms with Crippen molar-refractivity contribution in [2.45, 2.75) is 32.1 Å². The molecule has 1 heteroatoms. The SMILES string of the molecule is O=C1C=C(C2C3CC4C(C3)C42)CCC1. The van der Waals surface area contributed by atoms with Crippen molar-refractivity contribution < 1.29 is 4.79 Å². The van der Waals surface area contributed by atoms with Crippen LogP contribution in [0.2, 0.25) is 0 Å². The molecule has 4 fully saturated rings. The third kappa shape index (κ3) is 0.796. The van der Waals surface area contributed by atoms with Gasteiger partial charge in [-0.05, 0) is 61.3 Å². The molecule has 0 spiro atoms. The van der Waals surface area contributed by atoms with E-state index < -0.39 is 0 Å². The van der Waals surface area contributed by atoms with Crippen molar-refractivity contribution in [1.29, 1.82) is 0 Å². The van der Waals surface area contributed by atoms with E-state index in [2.05, 4.69) is 0 Å². The maximum atomic E-state index is 11.4. The van der Waals surface area contributed by atoms with Crippen LogP contribution in [0.1, 0.15) is 32.1 Å². The Morgan fingerprint density at radius 2 is 1.93 bits per heavy atom. The molecule has 5 aliphatic carbocycles.